The van der Waals surface area contributed by atoms with Crippen LogP contribution in [0.4, 0.5) is 0 Å². The number of aliphatic imine (C=N–C) groups is 1. The van der Waals surface area contributed by atoms with Crippen molar-refractivity contribution < 1.29 is 9.47 Å². The number of hydrogen-bond donors (Lipinski definition) is 2. The maximum atomic E-state index is 6.23. The second-order valence-electron chi connectivity index (χ2n) is 6.34. The van der Waals surface area contributed by atoms with Gasteiger partial charge in [-0.15, -0.1) is 24.0 Å². The van der Waals surface area contributed by atoms with Crippen molar-refractivity contribution in [2.24, 2.45) is 10.7 Å². The number of rotatable bonds is 6. The number of ether oxygens (including phenoxy) is 2. The second-order valence-corrected chi connectivity index (χ2v) is 7.18. The van der Waals surface area contributed by atoms with Crippen LogP contribution in [0.25, 0.3) is 0 Å². The average Bonchev–Trinajstić information content (AvgIpc) is 3.13. The predicted octanol–water partition coefficient (Wildman–Crippen LogP) is 4.34. The van der Waals surface area contributed by atoms with Gasteiger partial charge in [0.1, 0.15) is 6.10 Å². The molecule has 2 heterocycles. The van der Waals surface area contributed by atoms with Gasteiger partial charge in [0.2, 0.25) is 5.88 Å². The molecule has 2 aromatic rings. The first-order valence-corrected chi connectivity index (χ1v) is 9.47. The van der Waals surface area contributed by atoms with Gasteiger partial charge in [-0.25, -0.2) is 9.98 Å². The number of halogens is 3. The third-order valence-corrected chi connectivity index (χ3v) is 4.76. The van der Waals surface area contributed by atoms with E-state index in [1.807, 2.05) is 25.1 Å². The lowest BCUT2D eigenvalue weighted by Crippen LogP contribution is -2.34. The minimum absolute atomic E-state index is 0. The van der Waals surface area contributed by atoms with Crippen molar-refractivity contribution in [1.29, 1.82) is 0 Å². The topological polar surface area (TPSA) is 81.8 Å². The van der Waals surface area contributed by atoms with Crippen molar-refractivity contribution in [3.8, 4) is 5.88 Å². The molecule has 3 rings (SSSR count). The lowest BCUT2D eigenvalue weighted by atomic mass is 10.1. The van der Waals surface area contributed by atoms with Gasteiger partial charge in [-0.3, -0.25) is 0 Å². The summed E-state index contributed by atoms with van der Waals surface area (Å²) in [6.07, 6.45) is 2.65. The number of benzene rings is 1. The Kier molecular flexibility index (Phi) is 9.07. The van der Waals surface area contributed by atoms with Crippen LogP contribution in [-0.2, 0) is 11.3 Å². The van der Waals surface area contributed by atoms with Crippen LogP contribution in [0, 0.1) is 0 Å². The number of aromatic nitrogens is 1. The molecule has 0 bridgehead atoms. The molecule has 1 aromatic heterocycles. The molecular weight excluding hydrogens is 514 g/mol. The third-order valence-electron chi connectivity index (χ3n) is 4.20. The summed E-state index contributed by atoms with van der Waals surface area (Å²) in [5, 5.41) is 4.32. The van der Waals surface area contributed by atoms with Gasteiger partial charge in [0, 0.05) is 28.7 Å². The molecule has 0 amide bonds. The van der Waals surface area contributed by atoms with Crippen molar-refractivity contribution >= 4 is 53.1 Å². The highest BCUT2D eigenvalue weighted by Crippen LogP contribution is 2.26. The number of nitrogens with one attached hydrogen (secondary N) is 1. The summed E-state index contributed by atoms with van der Waals surface area (Å²) < 4.78 is 11.1. The molecule has 0 aliphatic carbocycles. The molecule has 2 unspecified atom stereocenters. The summed E-state index contributed by atoms with van der Waals surface area (Å²) in [5.41, 5.74) is 7.88. The van der Waals surface area contributed by atoms with Crippen molar-refractivity contribution in [3.05, 3.63) is 57.7 Å². The van der Waals surface area contributed by atoms with E-state index in [1.165, 1.54) is 0 Å². The zero-order valence-corrected chi connectivity index (χ0v) is 19.2. The molecule has 2 atom stereocenters. The van der Waals surface area contributed by atoms with E-state index in [4.69, 9.17) is 38.4 Å². The van der Waals surface area contributed by atoms with E-state index in [2.05, 4.69) is 15.3 Å². The van der Waals surface area contributed by atoms with Gasteiger partial charge in [-0.1, -0.05) is 29.3 Å². The zero-order chi connectivity index (χ0) is 19.2. The molecule has 1 aliphatic heterocycles. The first-order chi connectivity index (χ1) is 13.0. The first kappa shape index (κ1) is 23.0. The molecule has 1 aromatic carbocycles. The zero-order valence-electron chi connectivity index (χ0n) is 15.4. The van der Waals surface area contributed by atoms with Crippen LogP contribution in [0.3, 0.4) is 0 Å². The maximum Gasteiger partial charge on any atom is 0.213 e. The van der Waals surface area contributed by atoms with Gasteiger partial charge in [0.25, 0.3) is 0 Å². The van der Waals surface area contributed by atoms with Crippen LogP contribution in [0.5, 0.6) is 5.88 Å². The highest BCUT2D eigenvalue weighted by Gasteiger charge is 2.17. The van der Waals surface area contributed by atoms with Crippen LogP contribution in [0.1, 0.15) is 30.5 Å². The fraction of sp³-hybridized carbons (Fsp3) is 0.368. The van der Waals surface area contributed by atoms with E-state index < -0.39 is 0 Å². The Morgan fingerprint density at radius 3 is 2.93 bits per heavy atom. The predicted molar refractivity (Wildman–Crippen MR) is 123 cm³/mol. The lowest BCUT2D eigenvalue weighted by molar-refractivity contribution is 0.138. The fourth-order valence-electron chi connectivity index (χ4n) is 2.76. The van der Waals surface area contributed by atoms with Gasteiger partial charge in [-0.2, -0.15) is 0 Å². The summed E-state index contributed by atoms with van der Waals surface area (Å²) in [7, 11) is 0. The molecule has 152 valence electrons. The quantitative estimate of drug-likeness (QED) is 0.326. The van der Waals surface area contributed by atoms with Crippen LogP contribution >= 0.6 is 47.2 Å². The van der Waals surface area contributed by atoms with Crippen LogP contribution in [0.15, 0.2) is 41.5 Å². The Labute approximate surface area is 191 Å². The van der Waals surface area contributed by atoms with Gasteiger partial charge in [-0.05, 0) is 36.2 Å². The van der Waals surface area contributed by atoms with Crippen molar-refractivity contribution in [3.63, 3.8) is 0 Å². The molecule has 28 heavy (non-hydrogen) atoms. The molecule has 1 saturated heterocycles. The number of hydrogen-bond acceptors (Lipinski definition) is 4. The average molecular weight is 537 g/mol. The lowest BCUT2D eigenvalue weighted by Gasteiger charge is -2.16. The molecule has 0 saturated carbocycles. The number of guanidine groups is 1. The fourth-order valence-corrected chi connectivity index (χ4v) is 3.34. The van der Waals surface area contributed by atoms with E-state index in [9.17, 15) is 0 Å². The summed E-state index contributed by atoms with van der Waals surface area (Å²) >= 11 is 12.2. The SMILES string of the molecule is CC(NC(N)=NCc1ccnc(OC2CCOC2)c1)c1ccc(Cl)cc1Cl.I. The summed E-state index contributed by atoms with van der Waals surface area (Å²) in [5.74, 6) is 0.906. The van der Waals surface area contributed by atoms with Gasteiger partial charge in [0.05, 0.1) is 25.8 Å². The summed E-state index contributed by atoms with van der Waals surface area (Å²) in [6, 6.07) is 9.02. The largest absolute Gasteiger partial charge is 0.472 e. The second kappa shape index (κ2) is 11.0. The van der Waals surface area contributed by atoms with E-state index >= 15 is 0 Å². The number of nitrogens with two attached hydrogens (primary N) is 1. The molecule has 1 aliphatic rings. The van der Waals surface area contributed by atoms with Gasteiger partial charge < -0.3 is 20.5 Å². The molecule has 9 heteroatoms. The maximum absolute atomic E-state index is 6.23. The van der Waals surface area contributed by atoms with E-state index in [0.29, 0.717) is 35.0 Å². The molecule has 0 spiro atoms. The Morgan fingerprint density at radius 1 is 1.39 bits per heavy atom. The van der Waals surface area contributed by atoms with Crippen molar-refractivity contribution in [1.82, 2.24) is 10.3 Å². The Hall–Kier alpha value is -1.29. The molecule has 6 nitrogen and oxygen atoms in total. The molecular formula is C19H23Cl2IN4O2. The smallest absolute Gasteiger partial charge is 0.213 e. The van der Waals surface area contributed by atoms with Gasteiger partial charge >= 0.3 is 0 Å². The van der Waals surface area contributed by atoms with Crippen molar-refractivity contribution in [2.45, 2.75) is 32.0 Å². The van der Waals surface area contributed by atoms with Crippen molar-refractivity contribution in [2.75, 3.05) is 13.2 Å². The summed E-state index contributed by atoms with van der Waals surface area (Å²) in [4.78, 5) is 8.62. The van der Waals surface area contributed by atoms with Gasteiger partial charge in [0.15, 0.2) is 5.96 Å². The highest BCUT2D eigenvalue weighted by atomic mass is 127. The van der Waals surface area contributed by atoms with E-state index in [1.54, 1.807) is 18.3 Å². The molecule has 0 radical (unpaired) electrons. The number of pyridine rings is 1. The highest BCUT2D eigenvalue weighted by molar-refractivity contribution is 14.0. The Morgan fingerprint density at radius 2 is 2.21 bits per heavy atom. The van der Waals surface area contributed by atoms with E-state index in [-0.39, 0.29) is 36.1 Å². The molecule has 1 fully saturated rings. The van der Waals surface area contributed by atoms with Crippen LogP contribution in [-0.4, -0.2) is 30.3 Å². The normalized spacial score (nSPS) is 17.7. The first-order valence-electron chi connectivity index (χ1n) is 8.72. The molecule has 3 N–H and O–H groups in total. The van der Waals surface area contributed by atoms with Crippen LogP contribution < -0.4 is 15.8 Å². The third kappa shape index (κ3) is 6.65. The number of nitrogens with zero attached hydrogens (tertiary/aromatic N) is 2. The monoisotopic (exact) mass is 536 g/mol. The standard InChI is InChI=1S/C19H22Cl2N4O2.HI/c1-12(16-3-2-14(20)9-17(16)21)25-19(22)24-10-13-4-6-23-18(8-13)27-15-5-7-26-11-15;/h2-4,6,8-9,12,15H,5,7,10-11H2,1H3,(H3,22,24,25);1H. The van der Waals surface area contributed by atoms with Crippen LogP contribution in [0.2, 0.25) is 10.0 Å². The van der Waals surface area contributed by atoms with E-state index in [0.717, 1.165) is 24.2 Å². The minimum atomic E-state index is -0.0998. The summed E-state index contributed by atoms with van der Waals surface area (Å²) in [6.45, 7) is 3.71. The Bertz CT molecular complexity index is 816. The minimum Gasteiger partial charge on any atom is -0.472 e. The Balaban J connectivity index is 0.00000280.